The lowest BCUT2D eigenvalue weighted by Crippen LogP contribution is -2.63. The molecule has 0 fully saturated rings. The molecule has 0 atom stereocenters. The van der Waals surface area contributed by atoms with Crippen LogP contribution in [0.3, 0.4) is 0 Å². The molecule has 0 saturated heterocycles. The van der Waals surface area contributed by atoms with Crippen LogP contribution in [0.25, 0.3) is 77.2 Å². The van der Waals surface area contributed by atoms with E-state index in [0.29, 0.717) is 0 Å². The SMILES string of the molecule is CC(C)(C)c1ccc(-c2ccc3c(c2)c2cccc4c2n3-c2cc3c(cc2B4c2c(C(C)(C)C)cc(C(C)(C)C)cc2C(C)(C)C)-n2c4ccc(-c5ccc(C(C)(C)C)cc5)cc4c4cccc(c42)B3c2c(C(C)(C)C)cc(C(C)(C)C)cc2C(C)(C)C)cc1. The minimum atomic E-state index is -0.177. The van der Waals surface area contributed by atoms with Crippen LogP contribution in [-0.4, -0.2) is 22.6 Å². The van der Waals surface area contributed by atoms with E-state index in [-0.39, 0.29) is 56.7 Å². The Morgan fingerprint density at radius 1 is 0.244 bits per heavy atom. The molecule has 0 aliphatic carbocycles. The maximum Gasteiger partial charge on any atom is 0.247 e. The summed E-state index contributed by atoms with van der Waals surface area (Å²) in [5.41, 5.74) is 31.5. The number of nitrogens with zero attached hydrogens (tertiary/aromatic N) is 2. The molecule has 13 rings (SSSR count). The van der Waals surface area contributed by atoms with Crippen molar-refractivity contribution in [2.75, 3.05) is 0 Å². The van der Waals surface area contributed by atoms with Crippen molar-refractivity contribution >= 4 is 89.8 Å². The maximum absolute atomic E-state index is 2.72. The van der Waals surface area contributed by atoms with Crippen LogP contribution in [-0.2, 0) is 43.3 Å². The molecule has 0 bridgehead atoms. The molecule has 2 nitrogen and oxygen atoms in total. The Hall–Kier alpha value is -7.29. The fraction of sp³-hybridized carbons (Fsp3) is 0.372. The van der Waals surface area contributed by atoms with Gasteiger partial charge in [-0.25, -0.2) is 0 Å². The first-order chi connectivity index (χ1) is 41.7. The van der Waals surface area contributed by atoms with Gasteiger partial charge in [0.1, 0.15) is 0 Å². The van der Waals surface area contributed by atoms with Crippen molar-refractivity contribution in [2.45, 2.75) is 209 Å². The zero-order valence-electron chi connectivity index (χ0n) is 59.1. The first kappa shape index (κ1) is 61.6. The highest BCUT2D eigenvalue weighted by Crippen LogP contribution is 2.43. The Bertz CT molecular complexity index is 4370. The number of hydrogen-bond acceptors (Lipinski definition) is 0. The van der Waals surface area contributed by atoms with Gasteiger partial charge in [-0.3, -0.25) is 0 Å². The van der Waals surface area contributed by atoms with Gasteiger partial charge in [-0.05, 0) is 168 Å². The lowest BCUT2D eigenvalue weighted by atomic mass is 9.30. The standard InChI is InChI=1S/C86H98B2N2/c1-79(2,3)55-37-31-51(32-38-55)53-35-41-71-61(43-53)59-27-25-29-67-77(59)89(71)73-49-70-74(50-69(73)87(67)75-63(83(13,14)15)45-57(81(7,8)9)46-64(75)84(16,17)18)90-72-42-36-54(52-33-39-56(40-34-52)80(4,5)6)44-62(72)60-28-26-30-68(78(60)90)88(70)76-65(85(19,20)21)47-58(82(10,11)12)48-66(76)86(22,23)24/h25-50H,1-24H3. The Kier molecular flexibility index (Phi) is 13.8. The second-order valence-corrected chi connectivity index (χ2v) is 35.6. The molecule has 2 aliphatic heterocycles. The predicted molar refractivity (Wildman–Crippen MR) is 398 cm³/mol. The van der Waals surface area contributed by atoms with E-state index >= 15 is 0 Å². The van der Waals surface area contributed by atoms with Crippen molar-refractivity contribution in [3.05, 3.63) is 202 Å². The Balaban J connectivity index is 1.22. The molecule has 2 aromatic heterocycles. The third-order valence-corrected chi connectivity index (χ3v) is 20.6. The molecule has 0 saturated carbocycles. The van der Waals surface area contributed by atoms with Crippen LogP contribution in [0.5, 0.6) is 0 Å². The monoisotopic (exact) mass is 1180 g/mol. The largest absolute Gasteiger partial charge is 0.310 e. The van der Waals surface area contributed by atoms with Crippen LogP contribution < -0.4 is 32.8 Å². The number of hydrogen-bond donors (Lipinski definition) is 0. The number of para-hydroxylation sites is 2. The first-order valence-corrected chi connectivity index (χ1v) is 33.6. The summed E-state index contributed by atoms with van der Waals surface area (Å²) in [5.74, 6) is 0. The van der Waals surface area contributed by atoms with Gasteiger partial charge in [0.05, 0.1) is 11.0 Å². The first-order valence-electron chi connectivity index (χ1n) is 33.6. The zero-order chi connectivity index (χ0) is 64.9. The van der Waals surface area contributed by atoms with Crippen LogP contribution in [0.15, 0.2) is 158 Å². The molecule has 2 aliphatic rings. The third kappa shape index (κ3) is 9.98. The van der Waals surface area contributed by atoms with Gasteiger partial charge in [-0.15, -0.1) is 0 Å². The summed E-state index contributed by atoms with van der Waals surface area (Å²) < 4.78 is 5.43. The smallest absolute Gasteiger partial charge is 0.247 e. The van der Waals surface area contributed by atoms with E-state index in [1.807, 2.05) is 0 Å². The molecule has 458 valence electrons. The summed E-state index contributed by atoms with van der Waals surface area (Å²) >= 11 is 0. The van der Waals surface area contributed by atoms with Gasteiger partial charge in [0.25, 0.3) is 0 Å². The third-order valence-electron chi connectivity index (χ3n) is 20.6. The molecule has 4 heteroatoms. The fourth-order valence-electron chi connectivity index (χ4n) is 15.5. The Morgan fingerprint density at radius 2 is 0.533 bits per heavy atom. The second-order valence-electron chi connectivity index (χ2n) is 35.6. The molecule has 4 heterocycles. The molecule has 0 radical (unpaired) electrons. The lowest BCUT2D eigenvalue weighted by molar-refractivity contribution is 0.552. The van der Waals surface area contributed by atoms with Crippen molar-refractivity contribution in [2.24, 2.45) is 0 Å². The minimum absolute atomic E-state index is 0.0544. The predicted octanol–water partition coefficient (Wildman–Crippen LogP) is 19.3. The Morgan fingerprint density at radius 3 is 0.811 bits per heavy atom. The molecule has 90 heavy (non-hydrogen) atoms. The topological polar surface area (TPSA) is 9.86 Å². The zero-order valence-corrected chi connectivity index (χ0v) is 59.1. The van der Waals surface area contributed by atoms with Crippen molar-refractivity contribution < 1.29 is 0 Å². The average Bonchev–Trinajstić information content (AvgIpc) is 1.40. The van der Waals surface area contributed by atoms with Crippen LogP contribution in [0.4, 0.5) is 0 Å². The van der Waals surface area contributed by atoms with Gasteiger partial charge in [0, 0.05) is 44.0 Å². The molecular weight excluding hydrogens is 1080 g/mol. The van der Waals surface area contributed by atoms with E-state index in [9.17, 15) is 0 Å². The van der Waals surface area contributed by atoms with Crippen LogP contribution in [0.2, 0.25) is 0 Å². The van der Waals surface area contributed by atoms with Gasteiger partial charge < -0.3 is 9.13 Å². The number of rotatable bonds is 4. The van der Waals surface area contributed by atoms with E-state index < -0.39 is 0 Å². The van der Waals surface area contributed by atoms with Crippen LogP contribution in [0.1, 0.15) is 211 Å². The highest BCUT2D eigenvalue weighted by Gasteiger charge is 2.45. The summed E-state index contributed by atoms with van der Waals surface area (Å²) in [7, 11) is 0. The minimum Gasteiger partial charge on any atom is -0.310 e. The molecule has 0 amide bonds. The van der Waals surface area contributed by atoms with Crippen molar-refractivity contribution in [3.8, 4) is 33.6 Å². The fourth-order valence-corrected chi connectivity index (χ4v) is 15.5. The summed E-state index contributed by atoms with van der Waals surface area (Å²) in [4.78, 5) is 0. The molecule has 9 aromatic carbocycles. The quantitative estimate of drug-likeness (QED) is 0.155. The van der Waals surface area contributed by atoms with Crippen molar-refractivity contribution in [1.29, 1.82) is 0 Å². The highest BCUT2D eigenvalue weighted by atomic mass is 15.0. The van der Waals surface area contributed by atoms with Gasteiger partial charge in [0.15, 0.2) is 0 Å². The van der Waals surface area contributed by atoms with E-state index in [0.717, 1.165) is 0 Å². The highest BCUT2D eigenvalue weighted by molar-refractivity contribution is 7.00. The summed E-state index contributed by atoms with van der Waals surface area (Å²) in [6, 6.07) is 63.8. The average molecular weight is 1180 g/mol. The molecule has 0 spiro atoms. The maximum atomic E-state index is 2.72. The summed E-state index contributed by atoms with van der Waals surface area (Å²) in [5, 5.41) is 5.18. The van der Waals surface area contributed by atoms with Gasteiger partial charge in [0.2, 0.25) is 13.4 Å². The van der Waals surface area contributed by atoms with Crippen LogP contribution >= 0.6 is 0 Å². The molecular formula is C86H98B2N2. The summed E-state index contributed by atoms with van der Waals surface area (Å²) in [6.45, 7) is 57.5. The Labute approximate surface area is 541 Å². The second kappa shape index (κ2) is 20.1. The molecule has 0 N–H and O–H groups in total. The van der Waals surface area contributed by atoms with Gasteiger partial charge in [-0.1, -0.05) is 298 Å². The van der Waals surface area contributed by atoms with E-state index in [1.165, 1.54) is 155 Å². The number of benzene rings is 9. The van der Waals surface area contributed by atoms with Gasteiger partial charge >= 0.3 is 0 Å². The van der Waals surface area contributed by atoms with Gasteiger partial charge in [-0.2, -0.15) is 0 Å². The van der Waals surface area contributed by atoms with Crippen LogP contribution in [0, 0.1) is 0 Å². The van der Waals surface area contributed by atoms with E-state index in [2.05, 4.69) is 333 Å². The normalized spacial score (nSPS) is 14.2. The van der Waals surface area contributed by atoms with Crippen molar-refractivity contribution in [3.63, 3.8) is 0 Å². The lowest BCUT2D eigenvalue weighted by Gasteiger charge is -2.40. The number of fused-ring (bicyclic) bond motifs is 10. The summed E-state index contributed by atoms with van der Waals surface area (Å²) in [6.07, 6.45) is 0. The van der Waals surface area contributed by atoms with E-state index in [1.54, 1.807) is 0 Å². The van der Waals surface area contributed by atoms with Crippen molar-refractivity contribution in [1.82, 2.24) is 9.13 Å². The molecule has 11 aromatic rings. The number of aromatic nitrogens is 2. The van der Waals surface area contributed by atoms with E-state index in [4.69, 9.17) is 0 Å². The molecule has 0 unspecified atom stereocenters.